The molecule has 2 rings (SSSR count). The maximum Gasteiger partial charge on any atom is 0.178 e. The van der Waals surface area contributed by atoms with E-state index in [9.17, 15) is 8.42 Å². The van der Waals surface area contributed by atoms with Crippen LogP contribution in [0.15, 0.2) is 29.2 Å². The summed E-state index contributed by atoms with van der Waals surface area (Å²) in [4.78, 5) is 0.444. The number of hydrogen-bond donors (Lipinski definition) is 1. The summed E-state index contributed by atoms with van der Waals surface area (Å²) in [7, 11) is -3.16. The molecule has 0 atom stereocenters. The third-order valence-corrected chi connectivity index (χ3v) is 5.06. The number of nitrogens with two attached hydrogens (primary N) is 1. The molecular weight excluding hydrogens is 222 g/mol. The quantitative estimate of drug-likeness (QED) is 0.869. The van der Waals surface area contributed by atoms with Crippen LogP contribution in [-0.2, 0) is 9.84 Å². The zero-order valence-electron chi connectivity index (χ0n) is 9.44. The molecule has 1 fully saturated rings. The SMILES string of the molecule is Cc1ccccc1S(=O)(=O)CCC1(N)CC1. The Morgan fingerprint density at radius 3 is 2.50 bits per heavy atom. The molecule has 1 aromatic carbocycles. The number of rotatable bonds is 4. The van der Waals surface area contributed by atoms with Gasteiger partial charge >= 0.3 is 0 Å². The Labute approximate surface area is 96.6 Å². The monoisotopic (exact) mass is 239 g/mol. The Kier molecular flexibility index (Phi) is 2.80. The minimum atomic E-state index is -3.16. The predicted octanol–water partition coefficient (Wildman–Crippen LogP) is 1.65. The fourth-order valence-corrected chi connectivity index (χ4v) is 3.50. The van der Waals surface area contributed by atoms with Gasteiger partial charge in [-0.1, -0.05) is 18.2 Å². The number of benzene rings is 1. The van der Waals surface area contributed by atoms with Crippen LogP contribution in [0.2, 0.25) is 0 Å². The molecule has 1 aromatic rings. The first-order valence-electron chi connectivity index (χ1n) is 5.50. The van der Waals surface area contributed by atoms with E-state index in [1.165, 1.54) is 0 Å². The standard InChI is InChI=1S/C12H17NO2S/c1-10-4-2-3-5-11(10)16(14,15)9-8-12(13)6-7-12/h2-5H,6-9,13H2,1H3. The van der Waals surface area contributed by atoms with E-state index in [0.717, 1.165) is 18.4 Å². The highest BCUT2D eigenvalue weighted by Gasteiger charge is 2.39. The molecule has 3 nitrogen and oxygen atoms in total. The number of hydrogen-bond acceptors (Lipinski definition) is 3. The molecular formula is C12H17NO2S. The fourth-order valence-electron chi connectivity index (χ4n) is 1.76. The summed E-state index contributed by atoms with van der Waals surface area (Å²) >= 11 is 0. The van der Waals surface area contributed by atoms with E-state index in [2.05, 4.69) is 0 Å². The first-order chi connectivity index (χ1) is 7.43. The van der Waals surface area contributed by atoms with Gasteiger partial charge in [0.15, 0.2) is 9.84 Å². The van der Waals surface area contributed by atoms with E-state index in [-0.39, 0.29) is 11.3 Å². The molecule has 1 saturated carbocycles. The topological polar surface area (TPSA) is 60.2 Å². The lowest BCUT2D eigenvalue weighted by molar-refractivity contribution is 0.579. The van der Waals surface area contributed by atoms with E-state index in [1.54, 1.807) is 12.1 Å². The van der Waals surface area contributed by atoms with Crippen LogP contribution in [0.5, 0.6) is 0 Å². The van der Waals surface area contributed by atoms with Crippen molar-refractivity contribution >= 4 is 9.84 Å². The van der Waals surface area contributed by atoms with Gasteiger partial charge < -0.3 is 5.73 Å². The molecule has 88 valence electrons. The number of aryl methyl sites for hydroxylation is 1. The molecule has 0 aromatic heterocycles. The molecule has 0 bridgehead atoms. The van der Waals surface area contributed by atoms with Gasteiger partial charge in [-0.3, -0.25) is 0 Å². The van der Waals surface area contributed by atoms with Gasteiger partial charge in [0.1, 0.15) is 0 Å². The molecule has 0 amide bonds. The molecule has 0 radical (unpaired) electrons. The zero-order valence-corrected chi connectivity index (χ0v) is 10.3. The zero-order chi connectivity index (χ0) is 11.8. The third kappa shape index (κ3) is 2.44. The van der Waals surface area contributed by atoms with Crippen LogP contribution in [0.25, 0.3) is 0 Å². The van der Waals surface area contributed by atoms with Crippen molar-refractivity contribution < 1.29 is 8.42 Å². The van der Waals surface area contributed by atoms with Crippen LogP contribution in [0.3, 0.4) is 0 Å². The molecule has 0 unspecified atom stereocenters. The van der Waals surface area contributed by atoms with Crippen molar-refractivity contribution in [3.63, 3.8) is 0 Å². The Hall–Kier alpha value is -0.870. The summed E-state index contributed by atoms with van der Waals surface area (Å²) in [5, 5.41) is 0. The normalized spacial score (nSPS) is 18.4. The molecule has 1 aliphatic carbocycles. The van der Waals surface area contributed by atoms with Gasteiger partial charge in [-0.05, 0) is 37.8 Å². The molecule has 4 heteroatoms. The largest absolute Gasteiger partial charge is 0.325 e. The molecule has 1 aliphatic rings. The van der Waals surface area contributed by atoms with Gasteiger partial charge in [0.2, 0.25) is 0 Å². The van der Waals surface area contributed by atoms with Crippen molar-refractivity contribution in [1.82, 2.24) is 0 Å². The van der Waals surface area contributed by atoms with Crippen molar-refractivity contribution in [2.75, 3.05) is 5.75 Å². The van der Waals surface area contributed by atoms with Crippen molar-refractivity contribution in [3.05, 3.63) is 29.8 Å². The summed E-state index contributed by atoms with van der Waals surface area (Å²) in [6.45, 7) is 1.82. The van der Waals surface area contributed by atoms with Crippen molar-refractivity contribution in [2.45, 2.75) is 36.6 Å². The predicted molar refractivity (Wildman–Crippen MR) is 64.0 cm³/mol. The van der Waals surface area contributed by atoms with E-state index in [4.69, 9.17) is 5.73 Å². The van der Waals surface area contributed by atoms with Crippen molar-refractivity contribution in [1.29, 1.82) is 0 Å². The minimum Gasteiger partial charge on any atom is -0.325 e. The Morgan fingerprint density at radius 2 is 1.94 bits per heavy atom. The van der Waals surface area contributed by atoms with Crippen LogP contribution in [0, 0.1) is 6.92 Å². The van der Waals surface area contributed by atoms with Gasteiger partial charge in [-0.25, -0.2) is 8.42 Å². The van der Waals surface area contributed by atoms with Gasteiger partial charge in [-0.2, -0.15) is 0 Å². The van der Waals surface area contributed by atoms with E-state index in [0.29, 0.717) is 11.3 Å². The van der Waals surface area contributed by atoms with E-state index >= 15 is 0 Å². The van der Waals surface area contributed by atoms with E-state index < -0.39 is 9.84 Å². The highest BCUT2D eigenvalue weighted by atomic mass is 32.2. The average molecular weight is 239 g/mol. The lowest BCUT2D eigenvalue weighted by Crippen LogP contribution is -2.25. The highest BCUT2D eigenvalue weighted by Crippen LogP contribution is 2.36. The second-order valence-electron chi connectivity index (χ2n) is 4.70. The fraction of sp³-hybridized carbons (Fsp3) is 0.500. The molecule has 0 heterocycles. The van der Waals surface area contributed by atoms with Gasteiger partial charge in [0.05, 0.1) is 10.6 Å². The molecule has 0 spiro atoms. The molecule has 0 saturated heterocycles. The number of sulfone groups is 1. The van der Waals surface area contributed by atoms with Crippen LogP contribution in [0.4, 0.5) is 0 Å². The van der Waals surface area contributed by atoms with Gasteiger partial charge in [0.25, 0.3) is 0 Å². The van der Waals surface area contributed by atoms with Crippen LogP contribution < -0.4 is 5.73 Å². The van der Waals surface area contributed by atoms with Crippen molar-refractivity contribution in [2.24, 2.45) is 5.73 Å². The summed E-state index contributed by atoms with van der Waals surface area (Å²) in [6.07, 6.45) is 2.48. The second kappa shape index (κ2) is 3.86. The highest BCUT2D eigenvalue weighted by molar-refractivity contribution is 7.91. The first-order valence-corrected chi connectivity index (χ1v) is 7.16. The molecule has 0 aliphatic heterocycles. The van der Waals surface area contributed by atoms with Crippen LogP contribution in [0.1, 0.15) is 24.8 Å². The van der Waals surface area contributed by atoms with E-state index in [1.807, 2.05) is 19.1 Å². The van der Waals surface area contributed by atoms with Gasteiger partial charge in [0, 0.05) is 5.54 Å². The Bertz CT molecular complexity index is 489. The summed E-state index contributed by atoms with van der Waals surface area (Å²) in [5.41, 5.74) is 6.52. The van der Waals surface area contributed by atoms with Crippen LogP contribution in [-0.4, -0.2) is 19.7 Å². The van der Waals surface area contributed by atoms with Gasteiger partial charge in [-0.15, -0.1) is 0 Å². The molecule has 2 N–H and O–H groups in total. The third-order valence-electron chi connectivity index (χ3n) is 3.19. The van der Waals surface area contributed by atoms with Crippen molar-refractivity contribution in [3.8, 4) is 0 Å². The second-order valence-corrected chi connectivity index (χ2v) is 6.77. The average Bonchev–Trinajstić information content (AvgIpc) is 2.95. The summed E-state index contributed by atoms with van der Waals surface area (Å²) in [5.74, 6) is 0.161. The summed E-state index contributed by atoms with van der Waals surface area (Å²) < 4.78 is 24.1. The lowest BCUT2D eigenvalue weighted by atomic mass is 10.2. The first kappa shape index (κ1) is 11.6. The maximum atomic E-state index is 12.1. The summed E-state index contributed by atoms with van der Waals surface area (Å²) in [6, 6.07) is 7.10. The Balaban J connectivity index is 2.16. The smallest absolute Gasteiger partial charge is 0.178 e. The minimum absolute atomic E-state index is 0.161. The maximum absolute atomic E-state index is 12.1. The Morgan fingerprint density at radius 1 is 1.31 bits per heavy atom. The lowest BCUT2D eigenvalue weighted by Gasteiger charge is -2.10. The molecule has 16 heavy (non-hydrogen) atoms. The van der Waals surface area contributed by atoms with Crippen LogP contribution >= 0.6 is 0 Å².